The fourth-order valence-corrected chi connectivity index (χ4v) is 1.61. The molecule has 0 saturated carbocycles. The first-order valence-electron chi connectivity index (χ1n) is 5.90. The minimum atomic E-state index is -0.512. The lowest BCUT2D eigenvalue weighted by molar-refractivity contribution is 0.0944. The van der Waals surface area contributed by atoms with Crippen LogP contribution in [0.25, 0.3) is 0 Å². The normalized spacial score (nSPS) is 10.3. The zero-order chi connectivity index (χ0) is 14.4. The van der Waals surface area contributed by atoms with Crippen LogP contribution in [0.1, 0.15) is 21.8 Å². The van der Waals surface area contributed by atoms with Crippen molar-refractivity contribution in [2.45, 2.75) is 13.2 Å². The second-order valence-corrected chi connectivity index (χ2v) is 4.02. The number of ether oxygens (including phenoxy) is 2. The maximum Gasteiger partial charge on any atom is 0.287 e. The average molecular weight is 277 g/mol. The smallest absolute Gasteiger partial charge is 0.287 e. The Bertz CT molecular complexity index is 583. The van der Waals surface area contributed by atoms with Crippen molar-refractivity contribution in [1.82, 2.24) is 10.6 Å². The summed E-state index contributed by atoms with van der Waals surface area (Å²) in [6.45, 7) is 0.682. The number of benzene rings is 1. The number of nitrogen functional groups attached to an aromatic ring is 1. The van der Waals surface area contributed by atoms with Crippen LogP contribution in [0.5, 0.6) is 5.75 Å². The lowest BCUT2D eigenvalue weighted by Gasteiger charge is -2.05. The van der Waals surface area contributed by atoms with Crippen molar-refractivity contribution in [3.05, 3.63) is 47.3 Å². The highest BCUT2D eigenvalue weighted by Crippen LogP contribution is 2.16. The number of carbonyl (C=O) groups excluding carboxylic acids is 1. The van der Waals surface area contributed by atoms with E-state index in [0.29, 0.717) is 18.1 Å². The van der Waals surface area contributed by atoms with Gasteiger partial charge >= 0.3 is 0 Å². The minimum absolute atomic E-state index is 0.110. The predicted octanol–water partition coefficient (Wildman–Crippen LogP) is 1.00. The molecule has 0 bridgehead atoms. The quantitative estimate of drug-likeness (QED) is 0.464. The molecule has 2 rings (SSSR count). The molecular weight excluding hydrogens is 262 g/mol. The molecule has 0 aliphatic rings. The Balaban J connectivity index is 1.96. The van der Waals surface area contributed by atoms with Crippen LogP contribution in [0.4, 0.5) is 0 Å². The van der Waals surface area contributed by atoms with Crippen LogP contribution >= 0.6 is 0 Å². The topological polar surface area (TPSA) is 99.6 Å². The van der Waals surface area contributed by atoms with Crippen LogP contribution < -0.4 is 16.0 Å². The molecule has 1 aromatic heterocycles. The Morgan fingerprint density at radius 2 is 2.25 bits per heavy atom. The summed E-state index contributed by atoms with van der Waals surface area (Å²) in [4.78, 5) is 11.2. The molecule has 1 amide bonds. The molecule has 0 unspecified atom stereocenters. The Hall–Kier alpha value is -2.38. The van der Waals surface area contributed by atoms with E-state index < -0.39 is 5.91 Å². The van der Waals surface area contributed by atoms with E-state index in [2.05, 4.69) is 5.16 Å². The van der Waals surface area contributed by atoms with E-state index in [1.54, 1.807) is 7.11 Å². The summed E-state index contributed by atoms with van der Waals surface area (Å²) in [7, 11) is 1.63. The number of hydrazine groups is 1. The van der Waals surface area contributed by atoms with Crippen LogP contribution in [0.2, 0.25) is 0 Å². The van der Waals surface area contributed by atoms with Crippen LogP contribution in [-0.4, -0.2) is 18.2 Å². The second kappa shape index (κ2) is 6.69. The van der Waals surface area contributed by atoms with Crippen molar-refractivity contribution in [3.63, 3.8) is 0 Å². The summed E-state index contributed by atoms with van der Waals surface area (Å²) in [5.74, 6) is 5.60. The molecule has 0 saturated heterocycles. The van der Waals surface area contributed by atoms with Gasteiger partial charge in [0.2, 0.25) is 0 Å². The minimum Gasteiger partial charge on any atom is -0.486 e. The third-order valence-electron chi connectivity index (χ3n) is 2.51. The van der Waals surface area contributed by atoms with Gasteiger partial charge in [-0.25, -0.2) is 5.84 Å². The molecule has 1 heterocycles. The average Bonchev–Trinajstić information content (AvgIpc) is 2.94. The predicted molar refractivity (Wildman–Crippen MR) is 69.6 cm³/mol. The Morgan fingerprint density at radius 3 is 3.00 bits per heavy atom. The number of aromatic nitrogens is 1. The summed E-state index contributed by atoms with van der Waals surface area (Å²) in [6.07, 6.45) is 0. The van der Waals surface area contributed by atoms with Crippen molar-refractivity contribution in [2.24, 2.45) is 5.84 Å². The number of nitrogens with one attached hydrogen (secondary N) is 1. The summed E-state index contributed by atoms with van der Waals surface area (Å²) in [5, 5.41) is 3.58. The first-order valence-corrected chi connectivity index (χ1v) is 5.90. The Kier molecular flexibility index (Phi) is 4.70. The lowest BCUT2D eigenvalue weighted by Crippen LogP contribution is -2.30. The van der Waals surface area contributed by atoms with Crippen molar-refractivity contribution < 1.29 is 18.8 Å². The van der Waals surface area contributed by atoms with E-state index in [-0.39, 0.29) is 12.3 Å². The number of nitrogens with two attached hydrogens (primary N) is 1. The van der Waals surface area contributed by atoms with Gasteiger partial charge in [-0.15, -0.1) is 0 Å². The molecule has 0 atom stereocenters. The van der Waals surface area contributed by atoms with E-state index in [1.807, 2.05) is 29.7 Å². The maximum atomic E-state index is 11.2. The molecule has 7 heteroatoms. The van der Waals surface area contributed by atoms with Crippen LogP contribution in [-0.2, 0) is 18.0 Å². The molecule has 106 valence electrons. The number of amides is 1. The highest BCUT2D eigenvalue weighted by atomic mass is 16.5. The fourth-order valence-electron chi connectivity index (χ4n) is 1.61. The van der Waals surface area contributed by atoms with E-state index in [4.69, 9.17) is 19.8 Å². The molecule has 0 aliphatic heterocycles. The number of carbonyl (C=O) groups is 1. The van der Waals surface area contributed by atoms with Gasteiger partial charge in [0.15, 0.2) is 11.5 Å². The monoisotopic (exact) mass is 277 g/mol. The van der Waals surface area contributed by atoms with Gasteiger partial charge in [0.05, 0.1) is 6.61 Å². The van der Waals surface area contributed by atoms with Gasteiger partial charge in [0.1, 0.15) is 12.4 Å². The molecule has 0 radical (unpaired) electrons. The zero-order valence-corrected chi connectivity index (χ0v) is 11.0. The molecule has 3 N–H and O–H groups in total. The number of methoxy groups -OCH3 is 1. The molecule has 2 aromatic rings. The van der Waals surface area contributed by atoms with Gasteiger partial charge in [-0.1, -0.05) is 17.3 Å². The summed E-state index contributed by atoms with van der Waals surface area (Å²) in [6, 6.07) is 8.98. The second-order valence-electron chi connectivity index (χ2n) is 4.02. The maximum absolute atomic E-state index is 11.2. The molecule has 20 heavy (non-hydrogen) atoms. The first-order chi connectivity index (χ1) is 9.72. The number of hydrogen-bond donors (Lipinski definition) is 2. The van der Waals surface area contributed by atoms with Gasteiger partial charge in [-0.3, -0.25) is 10.2 Å². The molecule has 0 fully saturated rings. The summed E-state index contributed by atoms with van der Waals surface area (Å²) >= 11 is 0. The van der Waals surface area contributed by atoms with Gasteiger partial charge in [-0.05, 0) is 17.7 Å². The van der Waals surface area contributed by atoms with Crippen molar-refractivity contribution in [1.29, 1.82) is 0 Å². The third-order valence-corrected chi connectivity index (χ3v) is 2.51. The van der Waals surface area contributed by atoms with Gasteiger partial charge in [0.25, 0.3) is 5.91 Å². The van der Waals surface area contributed by atoms with Crippen molar-refractivity contribution in [2.75, 3.05) is 7.11 Å². The van der Waals surface area contributed by atoms with E-state index in [1.165, 1.54) is 6.07 Å². The molecule has 0 aliphatic carbocycles. The fraction of sp³-hybridized carbons (Fsp3) is 0.231. The molecular formula is C13H15N3O4. The largest absolute Gasteiger partial charge is 0.486 e. The molecule has 0 spiro atoms. The van der Waals surface area contributed by atoms with E-state index >= 15 is 0 Å². The Morgan fingerprint density at radius 1 is 1.40 bits per heavy atom. The number of rotatable bonds is 6. The van der Waals surface area contributed by atoms with E-state index in [0.717, 1.165) is 5.56 Å². The summed E-state index contributed by atoms with van der Waals surface area (Å²) < 4.78 is 15.6. The first kappa shape index (κ1) is 14.0. The third kappa shape index (κ3) is 3.56. The van der Waals surface area contributed by atoms with Gasteiger partial charge < -0.3 is 14.0 Å². The van der Waals surface area contributed by atoms with Crippen LogP contribution in [0, 0.1) is 0 Å². The number of nitrogens with zero attached hydrogens (tertiary/aromatic N) is 1. The molecule has 1 aromatic carbocycles. The van der Waals surface area contributed by atoms with Crippen LogP contribution in [0.15, 0.2) is 34.9 Å². The van der Waals surface area contributed by atoms with Gasteiger partial charge in [-0.2, -0.15) is 0 Å². The van der Waals surface area contributed by atoms with Gasteiger partial charge in [0, 0.05) is 13.2 Å². The Labute approximate surface area is 115 Å². The van der Waals surface area contributed by atoms with Crippen molar-refractivity contribution >= 4 is 5.91 Å². The lowest BCUT2D eigenvalue weighted by atomic mass is 10.2. The van der Waals surface area contributed by atoms with Crippen LogP contribution in [0.3, 0.4) is 0 Å². The molecule has 7 nitrogen and oxygen atoms in total. The zero-order valence-electron chi connectivity index (χ0n) is 11.0. The highest BCUT2D eigenvalue weighted by molar-refractivity contribution is 5.91. The summed E-state index contributed by atoms with van der Waals surface area (Å²) in [5.41, 5.74) is 3.09. The SMILES string of the molecule is COCc1cccc(OCc2cc(C(=O)NN)no2)c1. The number of hydrogen-bond acceptors (Lipinski definition) is 6. The van der Waals surface area contributed by atoms with Crippen molar-refractivity contribution in [3.8, 4) is 5.75 Å². The van der Waals surface area contributed by atoms with E-state index in [9.17, 15) is 4.79 Å². The standard InChI is InChI=1S/C13H15N3O4/c1-18-7-9-3-2-4-10(5-9)19-8-11-6-12(16-20-11)13(17)15-14/h2-6H,7-8,14H2,1H3,(H,15,17). The highest BCUT2D eigenvalue weighted by Gasteiger charge is 2.11.